The highest BCUT2D eigenvalue weighted by Crippen LogP contribution is 2.09. The van der Waals surface area contributed by atoms with E-state index in [1.165, 1.54) is 14.2 Å². The maximum absolute atomic E-state index is 11.3. The van der Waals surface area contributed by atoms with Gasteiger partial charge >= 0.3 is 0 Å². The van der Waals surface area contributed by atoms with E-state index >= 15 is 0 Å². The standard InChI is InChI=1S/C6H15NO3S/c1-5-6(2)11(8,9)7(3)10-4/h6H,5H2,1-4H3. The summed E-state index contributed by atoms with van der Waals surface area (Å²) in [6.45, 7) is 3.48. The molecule has 0 amide bonds. The maximum Gasteiger partial charge on any atom is 0.238 e. The van der Waals surface area contributed by atoms with Crippen LogP contribution in [0.4, 0.5) is 0 Å². The summed E-state index contributed by atoms with van der Waals surface area (Å²) in [6.07, 6.45) is 0.593. The van der Waals surface area contributed by atoms with Crippen LogP contribution >= 0.6 is 0 Å². The van der Waals surface area contributed by atoms with Crippen LogP contribution < -0.4 is 0 Å². The van der Waals surface area contributed by atoms with Gasteiger partial charge in [-0.2, -0.15) is 0 Å². The van der Waals surface area contributed by atoms with Gasteiger partial charge in [0.05, 0.1) is 12.4 Å². The molecule has 0 saturated heterocycles. The molecule has 0 N–H and O–H groups in total. The summed E-state index contributed by atoms with van der Waals surface area (Å²) in [5.74, 6) is 0. The molecule has 0 aliphatic heterocycles. The molecule has 0 aromatic heterocycles. The van der Waals surface area contributed by atoms with Crippen molar-refractivity contribution in [3.63, 3.8) is 0 Å². The first-order chi connectivity index (χ1) is 4.96. The molecule has 5 heteroatoms. The SMILES string of the molecule is CCC(C)S(=O)(=O)N(C)OC. The van der Waals surface area contributed by atoms with Crippen molar-refractivity contribution in [2.45, 2.75) is 25.5 Å². The van der Waals surface area contributed by atoms with E-state index < -0.39 is 10.0 Å². The second kappa shape index (κ2) is 4.04. The van der Waals surface area contributed by atoms with Crippen molar-refractivity contribution in [1.29, 1.82) is 0 Å². The average molecular weight is 181 g/mol. The van der Waals surface area contributed by atoms with E-state index in [-0.39, 0.29) is 5.25 Å². The van der Waals surface area contributed by atoms with Gasteiger partial charge in [-0.15, -0.1) is 0 Å². The van der Waals surface area contributed by atoms with Crippen molar-refractivity contribution >= 4 is 10.0 Å². The van der Waals surface area contributed by atoms with Gasteiger partial charge < -0.3 is 0 Å². The highest BCUT2D eigenvalue weighted by atomic mass is 32.2. The summed E-state index contributed by atoms with van der Waals surface area (Å²) in [5, 5.41) is -0.382. The van der Waals surface area contributed by atoms with Crippen molar-refractivity contribution < 1.29 is 13.3 Å². The third-order valence-electron chi connectivity index (χ3n) is 1.70. The Hall–Kier alpha value is -0.130. The van der Waals surface area contributed by atoms with E-state index in [9.17, 15) is 8.42 Å². The minimum Gasteiger partial charge on any atom is -0.288 e. The van der Waals surface area contributed by atoms with E-state index in [2.05, 4.69) is 4.84 Å². The number of hydrogen-bond donors (Lipinski definition) is 0. The Morgan fingerprint density at radius 2 is 2.00 bits per heavy atom. The minimum absolute atomic E-state index is 0.382. The monoisotopic (exact) mass is 181 g/mol. The Morgan fingerprint density at radius 3 is 2.27 bits per heavy atom. The first kappa shape index (κ1) is 10.9. The summed E-state index contributed by atoms with van der Waals surface area (Å²) < 4.78 is 23.5. The van der Waals surface area contributed by atoms with Crippen molar-refractivity contribution in [1.82, 2.24) is 4.47 Å². The number of hydroxylamine groups is 1. The fourth-order valence-corrected chi connectivity index (χ4v) is 1.70. The summed E-state index contributed by atoms with van der Waals surface area (Å²) in [6, 6.07) is 0. The molecule has 0 heterocycles. The molecular weight excluding hydrogens is 166 g/mol. The molecule has 68 valence electrons. The molecule has 11 heavy (non-hydrogen) atoms. The third-order valence-corrected chi connectivity index (χ3v) is 3.91. The first-order valence-electron chi connectivity index (χ1n) is 3.48. The summed E-state index contributed by atoms with van der Waals surface area (Å²) in [5.41, 5.74) is 0. The van der Waals surface area contributed by atoms with Gasteiger partial charge in [0, 0.05) is 7.05 Å². The Kier molecular flexibility index (Phi) is 3.99. The van der Waals surface area contributed by atoms with Crippen LogP contribution in [0.1, 0.15) is 20.3 Å². The maximum atomic E-state index is 11.3. The van der Waals surface area contributed by atoms with E-state index in [1.807, 2.05) is 6.92 Å². The molecule has 0 bridgehead atoms. The Labute approximate surface area is 68.2 Å². The Morgan fingerprint density at radius 1 is 1.55 bits per heavy atom. The molecule has 0 aromatic carbocycles. The van der Waals surface area contributed by atoms with Gasteiger partial charge in [-0.25, -0.2) is 8.42 Å². The Bertz CT molecular complexity index is 184. The minimum atomic E-state index is -3.23. The van der Waals surface area contributed by atoms with Crippen molar-refractivity contribution in [3.8, 4) is 0 Å². The number of nitrogens with zero attached hydrogens (tertiary/aromatic N) is 1. The predicted octanol–water partition coefficient (Wildman–Crippen LogP) is 0.608. The average Bonchev–Trinajstić information content (AvgIpc) is 2.01. The molecule has 0 saturated carbocycles. The van der Waals surface area contributed by atoms with E-state index in [4.69, 9.17) is 0 Å². The van der Waals surface area contributed by atoms with Crippen LogP contribution in [0.15, 0.2) is 0 Å². The van der Waals surface area contributed by atoms with Gasteiger partial charge in [-0.1, -0.05) is 11.4 Å². The van der Waals surface area contributed by atoms with Crippen molar-refractivity contribution in [2.24, 2.45) is 0 Å². The normalized spacial score (nSPS) is 15.4. The van der Waals surface area contributed by atoms with Crippen LogP contribution in [0, 0.1) is 0 Å². The van der Waals surface area contributed by atoms with E-state index in [1.54, 1.807) is 6.92 Å². The van der Waals surface area contributed by atoms with Crippen LogP contribution in [0.5, 0.6) is 0 Å². The summed E-state index contributed by atoms with van der Waals surface area (Å²) in [4.78, 5) is 4.58. The Balaban J connectivity index is 4.46. The largest absolute Gasteiger partial charge is 0.288 e. The fourth-order valence-electron chi connectivity index (χ4n) is 0.568. The van der Waals surface area contributed by atoms with Crippen molar-refractivity contribution in [3.05, 3.63) is 0 Å². The lowest BCUT2D eigenvalue weighted by Gasteiger charge is -2.18. The van der Waals surface area contributed by atoms with E-state index in [0.717, 1.165) is 4.47 Å². The zero-order chi connectivity index (χ0) is 9.07. The zero-order valence-electron chi connectivity index (χ0n) is 7.36. The summed E-state index contributed by atoms with van der Waals surface area (Å²) in [7, 11) is -0.504. The number of sulfonamides is 1. The lowest BCUT2D eigenvalue weighted by Crippen LogP contribution is -2.33. The molecule has 1 unspecified atom stereocenters. The molecular formula is C6H15NO3S. The molecule has 4 nitrogen and oxygen atoms in total. The smallest absolute Gasteiger partial charge is 0.238 e. The van der Waals surface area contributed by atoms with Crippen LogP contribution in [-0.2, 0) is 14.9 Å². The van der Waals surface area contributed by atoms with Gasteiger partial charge in [0.1, 0.15) is 0 Å². The molecule has 0 spiro atoms. The van der Waals surface area contributed by atoms with Gasteiger partial charge in [0.25, 0.3) is 0 Å². The van der Waals surface area contributed by atoms with Crippen molar-refractivity contribution in [2.75, 3.05) is 14.2 Å². The number of rotatable bonds is 4. The van der Waals surface area contributed by atoms with Crippen LogP contribution in [-0.4, -0.2) is 32.3 Å². The van der Waals surface area contributed by atoms with Crippen LogP contribution in [0.2, 0.25) is 0 Å². The zero-order valence-corrected chi connectivity index (χ0v) is 8.18. The molecule has 0 aromatic rings. The molecule has 0 radical (unpaired) electrons. The molecule has 0 aliphatic rings. The first-order valence-corrected chi connectivity index (χ1v) is 4.99. The predicted molar refractivity (Wildman–Crippen MR) is 43.4 cm³/mol. The highest BCUT2D eigenvalue weighted by molar-refractivity contribution is 7.89. The topological polar surface area (TPSA) is 46.6 Å². The lowest BCUT2D eigenvalue weighted by molar-refractivity contribution is -0.0267. The second-order valence-corrected chi connectivity index (χ2v) is 4.70. The van der Waals surface area contributed by atoms with Gasteiger partial charge in [0.15, 0.2) is 0 Å². The van der Waals surface area contributed by atoms with E-state index in [0.29, 0.717) is 6.42 Å². The molecule has 0 rings (SSSR count). The van der Waals surface area contributed by atoms with Gasteiger partial charge in [-0.05, 0) is 13.3 Å². The fraction of sp³-hybridized carbons (Fsp3) is 1.00. The van der Waals surface area contributed by atoms with Gasteiger partial charge in [0.2, 0.25) is 10.0 Å². The van der Waals surface area contributed by atoms with Crippen LogP contribution in [0.3, 0.4) is 0 Å². The highest BCUT2D eigenvalue weighted by Gasteiger charge is 2.23. The molecule has 0 aliphatic carbocycles. The third kappa shape index (κ3) is 2.43. The van der Waals surface area contributed by atoms with Gasteiger partial charge in [-0.3, -0.25) is 4.84 Å². The lowest BCUT2D eigenvalue weighted by atomic mass is 10.4. The summed E-state index contributed by atoms with van der Waals surface area (Å²) >= 11 is 0. The number of hydrogen-bond acceptors (Lipinski definition) is 3. The molecule has 0 fully saturated rings. The second-order valence-electron chi connectivity index (χ2n) is 2.36. The molecule has 1 atom stereocenters. The quantitative estimate of drug-likeness (QED) is 0.597. The van der Waals surface area contributed by atoms with Crippen LogP contribution in [0.25, 0.3) is 0 Å².